The Balaban J connectivity index is 1.87. The number of fused-ring (bicyclic) bond motifs is 1. The van der Waals surface area contributed by atoms with Gasteiger partial charge >= 0.3 is 0 Å². The van der Waals surface area contributed by atoms with Crippen LogP contribution in [-0.4, -0.2) is 31.2 Å². The zero-order valence-corrected chi connectivity index (χ0v) is 16.4. The largest absolute Gasteiger partial charge is 0.366 e. The second kappa shape index (κ2) is 7.56. The minimum atomic E-state index is -2.51. The van der Waals surface area contributed by atoms with Gasteiger partial charge in [0.15, 0.2) is 5.69 Å². The Morgan fingerprint density at radius 3 is 2.64 bits per heavy atom. The Hall–Kier alpha value is -2.98. The van der Waals surface area contributed by atoms with Crippen molar-refractivity contribution in [3.63, 3.8) is 0 Å². The van der Waals surface area contributed by atoms with Gasteiger partial charge in [-0.1, -0.05) is 30.3 Å². The Bertz CT molecular complexity index is 1150. The van der Waals surface area contributed by atoms with Gasteiger partial charge in [0.2, 0.25) is 0 Å². The van der Waals surface area contributed by atoms with Crippen molar-refractivity contribution in [3.05, 3.63) is 53.7 Å². The molecule has 6 nitrogen and oxygen atoms in total. The number of aromatic nitrogens is 2. The van der Waals surface area contributed by atoms with Gasteiger partial charge in [-0.15, -0.1) is 10.2 Å². The summed E-state index contributed by atoms with van der Waals surface area (Å²) in [6.07, 6.45) is 2.25. The average Bonchev–Trinajstić information content (AvgIpc) is 3.53. The van der Waals surface area contributed by atoms with Crippen molar-refractivity contribution in [2.75, 3.05) is 11.4 Å². The molecule has 3 aromatic rings. The molecule has 1 aromatic heterocycles. The molecule has 4 rings (SSSR count). The van der Waals surface area contributed by atoms with E-state index in [9.17, 15) is 13.7 Å². The van der Waals surface area contributed by atoms with Crippen LogP contribution in [0.4, 0.5) is 5.69 Å². The number of anilines is 1. The van der Waals surface area contributed by atoms with Crippen molar-refractivity contribution in [1.82, 2.24) is 10.2 Å². The maximum atomic E-state index is 11.2. The number of nitriles is 1. The first-order valence-corrected chi connectivity index (χ1v) is 10.7. The quantitative estimate of drug-likeness (QED) is 0.648. The number of nitrogens with zero attached hydrogens (tertiary/aromatic N) is 4. The Kier molecular flexibility index (Phi) is 4.97. The fraction of sp³-hybridized carbons (Fsp3) is 0.286. The second-order valence-corrected chi connectivity index (χ2v) is 7.89. The molecule has 0 N–H and O–H groups in total. The van der Waals surface area contributed by atoms with Gasteiger partial charge in [0.25, 0.3) is 0 Å². The number of hydrogen-bond donors (Lipinski definition) is 1. The average molecular weight is 392 g/mol. The highest BCUT2D eigenvalue weighted by molar-refractivity contribution is 7.71. The predicted molar refractivity (Wildman–Crippen MR) is 110 cm³/mol. The zero-order chi connectivity index (χ0) is 19.7. The Morgan fingerprint density at radius 2 is 1.96 bits per heavy atom. The topological polar surface area (TPSA) is 86.9 Å². The normalized spacial score (nSPS) is 13.6. The molecule has 142 valence electrons. The van der Waals surface area contributed by atoms with E-state index in [2.05, 4.69) is 28.1 Å². The first kappa shape index (κ1) is 18.4. The van der Waals surface area contributed by atoms with Gasteiger partial charge in [-0.05, 0) is 48.6 Å². The molecule has 0 aliphatic heterocycles. The van der Waals surface area contributed by atoms with Crippen LogP contribution in [0.1, 0.15) is 31.0 Å². The van der Waals surface area contributed by atoms with Crippen LogP contribution in [-0.2, 0) is 16.5 Å². The molecule has 1 aliphatic carbocycles. The van der Waals surface area contributed by atoms with E-state index in [0.717, 1.165) is 47.2 Å². The van der Waals surface area contributed by atoms with Gasteiger partial charge in [0, 0.05) is 18.0 Å². The number of rotatable bonds is 6. The van der Waals surface area contributed by atoms with E-state index >= 15 is 0 Å². The van der Waals surface area contributed by atoms with E-state index in [1.807, 2.05) is 42.5 Å². The molecule has 0 atom stereocenters. The summed E-state index contributed by atoms with van der Waals surface area (Å²) in [5.41, 5.74) is 4.41. The van der Waals surface area contributed by atoms with Crippen LogP contribution in [0, 0.1) is 11.3 Å². The summed E-state index contributed by atoms with van der Waals surface area (Å²) in [6.45, 7) is 2.89. The fourth-order valence-electron chi connectivity index (χ4n) is 3.69. The molecule has 0 radical (unpaired) electrons. The third-order valence-electron chi connectivity index (χ3n) is 5.08. The molecule has 0 spiro atoms. The Labute approximate surface area is 165 Å². The molecule has 0 unspecified atom stereocenters. The van der Waals surface area contributed by atoms with Crippen molar-refractivity contribution < 1.29 is 8.42 Å². The van der Waals surface area contributed by atoms with Crippen LogP contribution in [0.2, 0.25) is 0 Å². The van der Waals surface area contributed by atoms with E-state index in [4.69, 9.17) is 0 Å². The maximum Gasteiger partial charge on any atom is 0.187 e. The number of thiol groups is 1. The van der Waals surface area contributed by atoms with Gasteiger partial charge in [0.05, 0.1) is 17.0 Å². The van der Waals surface area contributed by atoms with Crippen LogP contribution in [0.25, 0.3) is 22.0 Å². The summed E-state index contributed by atoms with van der Waals surface area (Å²) in [6, 6.07) is 16.0. The van der Waals surface area contributed by atoms with Gasteiger partial charge in [0.1, 0.15) is 16.8 Å². The first-order valence-electron chi connectivity index (χ1n) is 9.29. The third kappa shape index (κ3) is 3.43. The smallest absolute Gasteiger partial charge is 0.187 e. The van der Waals surface area contributed by atoms with Crippen LogP contribution in [0.5, 0.6) is 0 Å². The van der Waals surface area contributed by atoms with Gasteiger partial charge in [-0.2, -0.15) is 5.26 Å². The summed E-state index contributed by atoms with van der Waals surface area (Å²) in [4.78, 5) is 2.24. The molecule has 1 heterocycles. The molecule has 2 aromatic carbocycles. The van der Waals surface area contributed by atoms with Crippen LogP contribution < -0.4 is 4.90 Å². The van der Waals surface area contributed by atoms with Crippen molar-refractivity contribution in [1.29, 1.82) is 5.26 Å². The molecule has 1 saturated carbocycles. The monoisotopic (exact) mass is 392 g/mol. The number of benzene rings is 2. The lowest BCUT2D eigenvalue weighted by Gasteiger charge is -2.24. The van der Waals surface area contributed by atoms with E-state index in [1.54, 1.807) is 0 Å². The minimum absolute atomic E-state index is 0.000858. The molecule has 0 amide bonds. The molecule has 7 heteroatoms. The van der Waals surface area contributed by atoms with E-state index in [0.29, 0.717) is 17.3 Å². The SMILES string of the molecule is CCN(c1c(C#N)nnc2cc(-c3ccccc3C[SH](=O)=O)ccc12)C1CC1. The molecule has 28 heavy (non-hydrogen) atoms. The van der Waals surface area contributed by atoms with Crippen LogP contribution >= 0.6 is 0 Å². The van der Waals surface area contributed by atoms with E-state index < -0.39 is 10.7 Å². The standard InChI is InChI=1S/C21H20N4O2S/c1-2-25(16-8-9-16)21-18-10-7-14(11-19(18)23-24-20(21)12-22)17-6-4-3-5-15(17)13-28(26)27/h3-7,10-11,16,28H,2,8-9,13H2,1H3. The van der Waals surface area contributed by atoms with E-state index in [1.165, 1.54) is 0 Å². The van der Waals surface area contributed by atoms with Crippen molar-refractivity contribution in [2.45, 2.75) is 31.6 Å². The fourth-order valence-corrected chi connectivity index (χ4v) is 4.24. The summed E-state index contributed by atoms with van der Waals surface area (Å²) in [5, 5.41) is 18.9. The van der Waals surface area contributed by atoms with Gasteiger partial charge in [-0.3, -0.25) is 0 Å². The Morgan fingerprint density at radius 1 is 1.18 bits per heavy atom. The van der Waals surface area contributed by atoms with Gasteiger partial charge < -0.3 is 4.90 Å². The van der Waals surface area contributed by atoms with E-state index in [-0.39, 0.29) is 5.75 Å². The highest BCUT2D eigenvalue weighted by atomic mass is 32.2. The summed E-state index contributed by atoms with van der Waals surface area (Å²) >= 11 is 0. The molecule has 0 saturated heterocycles. The second-order valence-electron chi connectivity index (χ2n) is 6.91. The highest BCUT2D eigenvalue weighted by Gasteiger charge is 2.31. The highest BCUT2D eigenvalue weighted by Crippen LogP contribution is 2.37. The van der Waals surface area contributed by atoms with Crippen molar-refractivity contribution in [2.24, 2.45) is 0 Å². The summed E-state index contributed by atoms with van der Waals surface area (Å²) < 4.78 is 22.5. The predicted octanol–water partition coefficient (Wildman–Crippen LogP) is 3.27. The molecular weight excluding hydrogens is 372 g/mol. The lowest BCUT2D eigenvalue weighted by atomic mass is 9.98. The lowest BCUT2D eigenvalue weighted by Crippen LogP contribution is -2.26. The van der Waals surface area contributed by atoms with Crippen molar-refractivity contribution >= 4 is 27.3 Å². The first-order chi connectivity index (χ1) is 13.6. The zero-order valence-electron chi connectivity index (χ0n) is 15.5. The van der Waals surface area contributed by atoms with Crippen molar-refractivity contribution in [3.8, 4) is 17.2 Å². The third-order valence-corrected chi connectivity index (χ3v) is 5.68. The molecule has 1 aliphatic rings. The van der Waals surface area contributed by atoms with Gasteiger partial charge in [-0.25, -0.2) is 8.42 Å². The van der Waals surface area contributed by atoms with Crippen LogP contribution in [0.15, 0.2) is 42.5 Å². The molecule has 0 bridgehead atoms. The molecular formula is C21H20N4O2S. The molecule has 1 fully saturated rings. The maximum absolute atomic E-state index is 11.2. The minimum Gasteiger partial charge on any atom is -0.366 e. The lowest BCUT2D eigenvalue weighted by molar-refractivity contribution is 0.614. The van der Waals surface area contributed by atoms with Crippen LogP contribution in [0.3, 0.4) is 0 Å². The summed E-state index contributed by atoms with van der Waals surface area (Å²) in [5.74, 6) is -0.000858. The summed E-state index contributed by atoms with van der Waals surface area (Å²) in [7, 11) is -2.51. The number of hydrogen-bond acceptors (Lipinski definition) is 6.